The average Bonchev–Trinajstić information content (AvgIpc) is 2.28. The zero-order valence-electron chi connectivity index (χ0n) is 9.40. The van der Waals surface area contributed by atoms with Crippen LogP contribution in [0.4, 0.5) is 5.69 Å². The van der Waals surface area contributed by atoms with Gasteiger partial charge in [0.1, 0.15) is 0 Å². The number of rotatable bonds is 5. The number of aryl methyl sites for hydroxylation is 1. The number of unbranched alkanes of at least 4 members (excludes halogenated alkanes) is 1. The van der Waals surface area contributed by atoms with Crippen LogP contribution in [0.5, 0.6) is 0 Å². The first kappa shape index (κ1) is 12.5. The van der Waals surface area contributed by atoms with Gasteiger partial charge in [0.15, 0.2) is 0 Å². The highest BCUT2D eigenvalue weighted by molar-refractivity contribution is 5.90. The van der Waals surface area contributed by atoms with E-state index in [9.17, 15) is 4.79 Å². The van der Waals surface area contributed by atoms with E-state index in [4.69, 9.17) is 15.6 Å². The Balaban J connectivity index is 2.50. The quantitative estimate of drug-likeness (QED) is 0.451. The van der Waals surface area contributed by atoms with Gasteiger partial charge >= 0.3 is 5.97 Å². The molecular formula is C12H17NO3. The van der Waals surface area contributed by atoms with Gasteiger partial charge in [-0.25, -0.2) is 4.79 Å². The summed E-state index contributed by atoms with van der Waals surface area (Å²) in [7, 11) is 0. The molecule has 0 aliphatic rings. The fraction of sp³-hybridized carbons (Fsp3) is 0.417. The van der Waals surface area contributed by atoms with Crippen molar-refractivity contribution in [1.82, 2.24) is 0 Å². The lowest BCUT2D eigenvalue weighted by atomic mass is 10.1. The summed E-state index contributed by atoms with van der Waals surface area (Å²) in [5.74, 6) is -0.346. The molecule has 0 bridgehead atoms. The maximum Gasteiger partial charge on any atom is 0.338 e. The van der Waals surface area contributed by atoms with Crippen LogP contribution < -0.4 is 5.73 Å². The normalized spacial score (nSPS) is 10.1. The van der Waals surface area contributed by atoms with Crippen molar-refractivity contribution in [3.63, 3.8) is 0 Å². The van der Waals surface area contributed by atoms with Gasteiger partial charge < -0.3 is 15.6 Å². The molecule has 0 fully saturated rings. The predicted molar refractivity (Wildman–Crippen MR) is 62.2 cm³/mol. The minimum atomic E-state index is -0.346. The fourth-order valence-corrected chi connectivity index (χ4v) is 1.26. The van der Waals surface area contributed by atoms with Gasteiger partial charge in [-0.1, -0.05) is 0 Å². The number of ether oxygens (including phenoxy) is 1. The van der Waals surface area contributed by atoms with E-state index in [1.165, 1.54) is 0 Å². The number of nitrogens with two attached hydrogens (primary N) is 1. The third kappa shape index (κ3) is 3.55. The van der Waals surface area contributed by atoms with E-state index in [2.05, 4.69) is 0 Å². The predicted octanol–water partition coefficient (Wildman–Crippen LogP) is 1.51. The summed E-state index contributed by atoms with van der Waals surface area (Å²) in [6.07, 6.45) is 1.32. The largest absolute Gasteiger partial charge is 0.462 e. The van der Waals surface area contributed by atoms with Crippen LogP contribution >= 0.6 is 0 Å². The third-order valence-electron chi connectivity index (χ3n) is 2.29. The Bertz CT molecular complexity index is 363. The molecule has 0 heterocycles. The minimum Gasteiger partial charge on any atom is -0.462 e. The van der Waals surface area contributed by atoms with Crippen LogP contribution in [0.2, 0.25) is 0 Å². The molecule has 88 valence electrons. The lowest BCUT2D eigenvalue weighted by molar-refractivity contribution is 0.0492. The lowest BCUT2D eigenvalue weighted by Crippen LogP contribution is -2.07. The molecule has 4 nitrogen and oxygen atoms in total. The molecule has 1 aromatic rings. The van der Waals surface area contributed by atoms with Crippen molar-refractivity contribution in [2.75, 3.05) is 18.9 Å². The molecule has 0 radical (unpaired) electrons. The number of benzene rings is 1. The Kier molecular flexibility index (Phi) is 4.79. The standard InChI is InChI=1S/C12H17NO3/c1-9-8-10(4-5-11(9)13)12(15)16-7-3-2-6-14/h4-5,8,14H,2-3,6-7,13H2,1H3. The molecule has 0 aromatic heterocycles. The molecule has 0 amide bonds. The molecule has 0 unspecified atom stereocenters. The molecule has 4 heteroatoms. The average molecular weight is 223 g/mol. The maximum absolute atomic E-state index is 11.5. The van der Waals surface area contributed by atoms with Gasteiger partial charge in [-0.15, -0.1) is 0 Å². The Labute approximate surface area is 95.0 Å². The summed E-state index contributed by atoms with van der Waals surface area (Å²) in [5, 5.41) is 8.56. The summed E-state index contributed by atoms with van der Waals surface area (Å²) in [5.41, 5.74) is 7.69. The third-order valence-corrected chi connectivity index (χ3v) is 2.29. The smallest absolute Gasteiger partial charge is 0.338 e. The Morgan fingerprint density at radius 3 is 2.81 bits per heavy atom. The zero-order chi connectivity index (χ0) is 12.0. The summed E-state index contributed by atoms with van der Waals surface area (Å²) < 4.78 is 5.03. The number of hydrogen-bond acceptors (Lipinski definition) is 4. The van der Waals surface area contributed by atoms with E-state index in [1.54, 1.807) is 18.2 Å². The van der Waals surface area contributed by atoms with Crippen molar-refractivity contribution in [2.24, 2.45) is 0 Å². The molecular weight excluding hydrogens is 206 g/mol. The van der Waals surface area contributed by atoms with Crippen LogP contribution in [0.15, 0.2) is 18.2 Å². The molecule has 0 atom stereocenters. The Hall–Kier alpha value is -1.55. The van der Waals surface area contributed by atoms with Crippen LogP contribution in [0.25, 0.3) is 0 Å². The molecule has 3 N–H and O–H groups in total. The number of carbonyl (C=O) groups is 1. The lowest BCUT2D eigenvalue weighted by Gasteiger charge is -2.06. The van der Waals surface area contributed by atoms with E-state index < -0.39 is 0 Å². The first-order valence-corrected chi connectivity index (χ1v) is 5.29. The molecule has 0 spiro atoms. The molecule has 1 rings (SSSR count). The highest BCUT2D eigenvalue weighted by Crippen LogP contribution is 2.13. The number of aliphatic hydroxyl groups is 1. The minimum absolute atomic E-state index is 0.124. The van der Waals surface area contributed by atoms with Gasteiger partial charge in [0.2, 0.25) is 0 Å². The van der Waals surface area contributed by atoms with E-state index in [0.29, 0.717) is 30.7 Å². The second kappa shape index (κ2) is 6.12. The van der Waals surface area contributed by atoms with Crippen LogP contribution in [0.1, 0.15) is 28.8 Å². The van der Waals surface area contributed by atoms with Crippen LogP contribution in [0, 0.1) is 6.92 Å². The van der Waals surface area contributed by atoms with Gasteiger partial charge in [-0.05, 0) is 43.5 Å². The van der Waals surface area contributed by atoms with Crippen LogP contribution in [-0.2, 0) is 4.74 Å². The van der Waals surface area contributed by atoms with Crippen molar-refractivity contribution in [1.29, 1.82) is 0 Å². The maximum atomic E-state index is 11.5. The summed E-state index contributed by atoms with van der Waals surface area (Å²) in [4.78, 5) is 11.5. The molecule has 0 aliphatic heterocycles. The molecule has 1 aromatic carbocycles. The second-order valence-electron chi connectivity index (χ2n) is 3.64. The van der Waals surface area contributed by atoms with Crippen LogP contribution in [-0.4, -0.2) is 24.3 Å². The monoisotopic (exact) mass is 223 g/mol. The number of nitrogen functional groups attached to an aromatic ring is 1. The van der Waals surface area contributed by atoms with E-state index in [0.717, 1.165) is 5.56 Å². The summed E-state index contributed by atoms with van der Waals surface area (Å²) in [6.45, 7) is 2.30. The van der Waals surface area contributed by atoms with Crippen molar-refractivity contribution >= 4 is 11.7 Å². The zero-order valence-corrected chi connectivity index (χ0v) is 9.40. The highest BCUT2D eigenvalue weighted by atomic mass is 16.5. The van der Waals surface area contributed by atoms with Gasteiger partial charge in [0.25, 0.3) is 0 Å². The molecule has 0 saturated heterocycles. The first-order valence-electron chi connectivity index (χ1n) is 5.29. The fourth-order valence-electron chi connectivity index (χ4n) is 1.26. The van der Waals surface area contributed by atoms with Gasteiger partial charge in [-0.2, -0.15) is 0 Å². The van der Waals surface area contributed by atoms with Crippen molar-refractivity contribution in [3.8, 4) is 0 Å². The Morgan fingerprint density at radius 1 is 1.44 bits per heavy atom. The van der Waals surface area contributed by atoms with E-state index in [1.807, 2.05) is 6.92 Å². The highest BCUT2D eigenvalue weighted by Gasteiger charge is 2.07. The summed E-state index contributed by atoms with van der Waals surface area (Å²) >= 11 is 0. The first-order chi connectivity index (χ1) is 7.65. The van der Waals surface area contributed by atoms with Gasteiger partial charge in [0, 0.05) is 12.3 Å². The number of aliphatic hydroxyl groups excluding tert-OH is 1. The topological polar surface area (TPSA) is 72.5 Å². The molecule has 0 aliphatic carbocycles. The number of hydrogen-bond donors (Lipinski definition) is 2. The van der Waals surface area contributed by atoms with E-state index >= 15 is 0 Å². The van der Waals surface area contributed by atoms with Crippen LogP contribution in [0.3, 0.4) is 0 Å². The van der Waals surface area contributed by atoms with Crippen molar-refractivity contribution < 1.29 is 14.6 Å². The number of carbonyl (C=O) groups excluding carboxylic acids is 1. The van der Waals surface area contributed by atoms with Crippen molar-refractivity contribution in [3.05, 3.63) is 29.3 Å². The molecule has 0 saturated carbocycles. The van der Waals surface area contributed by atoms with Gasteiger partial charge in [-0.3, -0.25) is 0 Å². The number of esters is 1. The molecule has 16 heavy (non-hydrogen) atoms. The van der Waals surface area contributed by atoms with Crippen molar-refractivity contribution in [2.45, 2.75) is 19.8 Å². The Morgan fingerprint density at radius 2 is 2.19 bits per heavy atom. The summed E-state index contributed by atoms with van der Waals surface area (Å²) in [6, 6.07) is 5.06. The van der Waals surface area contributed by atoms with Gasteiger partial charge in [0.05, 0.1) is 12.2 Å². The number of anilines is 1. The SMILES string of the molecule is Cc1cc(C(=O)OCCCCO)ccc1N. The second-order valence-corrected chi connectivity index (χ2v) is 3.64. The van der Waals surface area contributed by atoms with E-state index in [-0.39, 0.29) is 12.6 Å².